The fourth-order valence-electron chi connectivity index (χ4n) is 2.30. The van der Waals surface area contributed by atoms with E-state index in [9.17, 15) is 21.6 Å². The van der Waals surface area contributed by atoms with E-state index in [1.54, 1.807) is 11.8 Å². The second-order valence-electron chi connectivity index (χ2n) is 5.38. The summed E-state index contributed by atoms with van der Waals surface area (Å²) in [7, 11) is -5.22. The van der Waals surface area contributed by atoms with Gasteiger partial charge in [0, 0.05) is 32.2 Å². The Kier molecular flexibility index (Phi) is 11.7. The predicted octanol–water partition coefficient (Wildman–Crippen LogP) is 2.23. The molecular weight excluding hydrogens is 492 g/mol. The smallest absolute Gasteiger partial charge is 0.357 e. The summed E-state index contributed by atoms with van der Waals surface area (Å²) < 4.78 is 60.9. The minimum atomic E-state index is -5.24. The van der Waals surface area contributed by atoms with E-state index in [2.05, 4.69) is 15.6 Å². The Morgan fingerprint density at radius 1 is 1.32 bits per heavy atom. The van der Waals surface area contributed by atoms with Gasteiger partial charge < -0.3 is 10.6 Å². The summed E-state index contributed by atoms with van der Waals surface area (Å²) in [5.74, 6) is 1.63. The second kappa shape index (κ2) is 11.7. The van der Waals surface area contributed by atoms with Crippen LogP contribution in [0.3, 0.4) is 0 Å². The summed E-state index contributed by atoms with van der Waals surface area (Å²) in [6, 6.07) is -0.0944. The maximum absolute atomic E-state index is 12.6. The fraction of sp³-hybridized carbons (Fsp3) is 0.923. The number of guanidine groups is 1. The highest BCUT2D eigenvalue weighted by atomic mass is 127. The van der Waals surface area contributed by atoms with E-state index in [4.69, 9.17) is 0 Å². The van der Waals surface area contributed by atoms with Crippen LogP contribution in [0.15, 0.2) is 4.99 Å². The molecule has 1 aliphatic rings. The first-order chi connectivity index (χ1) is 11.2. The van der Waals surface area contributed by atoms with Crippen LogP contribution >= 0.6 is 35.7 Å². The molecule has 1 aliphatic heterocycles. The molecule has 0 saturated carbocycles. The quantitative estimate of drug-likeness (QED) is 0.234. The number of hydrogen-bond acceptors (Lipinski definition) is 4. The molecule has 0 atom stereocenters. The Morgan fingerprint density at radius 3 is 2.40 bits per heavy atom. The Morgan fingerprint density at radius 2 is 1.92 bits per heavy atom. The fourth-order valence-corrected chi connectivity index (χ4v) is 3.70. The largest absolute Gasteiger partial charge is 0.511 e. The second-order valence-corrected chi connectivity index (χ2v) is 8.29. The van der Waals surface area contributed by atoms with Crippen molar-refractivity contribution >= 4 is 51.7 Å². The Balaban J connectivity index is 0.00000576. The lowest BCUT2D eigenvalue weighted by molar-refractivity contribution is -0.0494. The highest BCUT2D eigenvalue weighted by molar-refractivity contribution is 14.0. The van der Waals surface area contributed by atoms with E-state index in [0.29, 0.717) is 36.2 Å². The average molecular weight is 518 g/mol. The first kappa shape index (κ1) is 25.1. The first-order valence-corrected chi connectivity index (χ1v) is 10.7. The van der Waals surface area contributed by atoms with Crippen molar-refractivity contribution in [3.63, 3.8) is 0 Å². The molecule has 25 heavy (non-hydrogen) atoms. The maximum atomic E-state index is 12.6. The molecule has 0 radical (unpaired) electrons. The van der Waals surface area contributed by atoms with Crippen LogP contribution in [-0.2, 0) is 10.0 Å². The van der Waals surface area contributed by atoms with Gasteiger partial charge in [-0.05, 0) is 38.2 Å². The highest BCUT2D eigenvalue weighted by Gasteiger charge is 2.50. The lowest BCUT2D eigenvalue weighted by atomic mass is 10.1. The number of alkyl halides is 3. The van der Waals surface area contributed by atoms with Crippen molar-refractivity contribution in [2.24, 2.45) is 4.99 Å². The van der Waals surface area contributed by atoms with Gasteiger partial charge in [0.2, 0.25) is 0 Å². The van der Waals surface area contributed by atoms with Gasteiger partial charge in [0.05, 0.1) is 0 Å². The van der Waals surface area contributed by atoms with Gasteiger partial charge in [-0.25, -0.2) is 8.42 Å². The zero-order valence-corrected chi connectivity index (χ0v) is 18.3. The van der Waals surface area contributed by atoms with Crippen molar-refractivity contribution in [3.8, 4) is 0 Å². The molecule has 12 heteroatoms. The Bertz CT molecular complexity index is 510. The molecule has 0 unspecified atom stereocenters. The number of halogens is 4. The third-order valence-electron chi connectivity index (χ3n) is 3.55. The monoisotopic (exact) mass is 518 g/mol. The first-order valence-electron chi connectivity index (χ1n) is 7.82. The number of nitrogens with one attached hydrogen (secondary N) is 2. The SMILES string of the molecule is CCNC(=NCCCSC)NC1CCN(S(=O)(=O)C(F)(F)F)CC1.I. The van der Waals surface area contributed by atoms with E-state index in [1.807, 2.05) is 13.2 Å². The topological polar surface area (TPSA) is 73.8 Å². The minimum Gasteiger partial charge on any atom is -0.357 e. The van der Waals surface area contributed by atoms with E-state index < -0.39 is 15.5 Å². The summed E-state index contributed by atoms with van der Waals surface area (Å²) in [6.45, 7) is 2.97. The normalized spacial score (nSPS) is 17.9. The van der Waals surface area contributed by atoms with Gasteiger partial charge in [0.1, 0.15) is 0 Å². The number of nitrogens with zero attached hydrogens (tertiary/aromatic N) is 2. The summed E-state index contributed by atoms with van der Waals surface area (Å²) in [5, 5.41) is 6.27. The summed E-state index contributed by atoms with van der Waals surface area (Å²) in [6.07, 6.45) is 3.59. The van der Waals surface area contributed by atoms with Gasteiger partial charge in [0.15, 0.2) is 5.96 Å². The van der Waals surface area contributed by atoms with Crippen LogP contribution in [0.25, 0.3) is 0 Å². The lowest BCUT2D eigenvalue weighted by Crippen LogP contribution is -2.51. The summed E-state index contributed by atoms with van der Waals surface area (Å²) >= 11 is 1.74. The van der Waals surface area contributed by atoms with Crippen LogP contribution in [0.4, 0.5) is 13.2 Å². The molecule has 0 spiro atoms. The highest BCUT2D eigenvalue weighted by Crippen LogP contribution is 2.28. The summed E-state index contributed by atoms with van der Waals surface area (Å²) in [4.78, 5) is 4.42. The number of hydrogen-bond donors (Lipinski definition) is 2. The van der Waals surface area contributed by atoms with Crippen molar-refractivity contribution < 1.29 is 21.6 Å². The molecule has 2 N–H and O–H groups in total. The van der Waals surface area contributed by atoms with Gasteiger partial charge in [0.25, 0.3) is 0 Å². The molecule has 1 rings (SSSR count). The number of thioether (sulfide) groups is 1. The van der Waals surface area contributed by atoms with Gasteiger partial charge >= 0.3 is 15.5 Å². The van der Waals surface area contributed by atoms with Crippen LogP contribution in [0, 0.1) is 0 Å². The minimum absolute atomic E-state index is 0. The van der Waals surface area contributed by atoms with E-state index >= 15 is 0 Å². The van der Waals surface area contributed by atoms with Crippen LogP contribution in [0.5, 0.6) is 0 Å². The van der Waals surface area contributed by atoms with Crippen molar-refractivity contribution in [2.45, 2.75) is 37.7 Å². The van der Waals surface area contributed by atoms with Crippen molar-refractivity contribution in [2.75, 3.05) is 38.2 Å². The van der Waals surface area contributed by atoms with E-state index in [-0.39, 0.29) is 43.1 Å². The molecule has 150 valence electrons. The molecular formula is C13H26F3IN4O2S2. The third-order valence-corrected chi connectivity index (χ3v) is 5.87. The predicted molar refractivity (Wildman–Crippen MR) is 107 cm³/mol. The molecule has 0 aromatic heterocycles. The van der Waals surface area contributed by atoms with Crippen LogP contribution in [0.2, 0.25) is 0 Å². The van der Waals surface area contributed by atoms with Crippen LogP contribution < -0.4 is 10.6 Å². The van der Waals surface area contributed by atoms with Gasteiger partial charge in [-0.1, -0.05) is 0 Å². The zero-order chi connectivity index (χ0) is 18.2. The lowest BCUT2D eigenvalue weighted by Gasteiger charge is -2.32. The number of sulfonamides is 1. The maximum Gasteiger partial charge on any atom is 0.511 e. The molecule has 0 aliphatic carbocycles. The van der Waals surface area contributed by atoms with E-state index in [1.165, 1.54) is 0 Å². The molecule has 0 aromatic rings. The standard InChI is InChI=1S/C13H25F3N4O2S2.HI/c1-3-17-12(18-7-4-10-23-2)19-11-5-8-20(9-6-11)24(21,22)13(14,15)16;/h11H,3-10H2,1-2H3,(H2,17,18,19);1H. The van der Waals surface area contributed by atoms with Crippen LogP contribution in [0.1, 0.15) is 26.2 Å². The molecule has 1 fully saturated rings. The van der Waals surface area contributed by atoms with Crippen LogP contribution in [-0.4, -0.2) is 68.4 Å². The Hall–Kier alpha value is 0.0500. The summed E-state index contributed by atoms with van der Waals surface area (Å²) in [5.41, 5.74) is -5.24. The third kappa shape index (κ3) is 8.08. The van der Waals surface area contributed by atoms with Crippen molar-refractivity contribution in [1.29, 1.82) is 0 Å². The molecule has 6 nitrogen and oxygen atoms in total. The zero-order valence-electron chi connectivity index (χ0n) is 14.3. The van der Waals surface area contributed by atoms with Gasteiger partial charge in [-0.3, -0.25) is 4.99 Å². The van der Waals surface area contributed by atoms with Crippen molar-refractivity contribution in [3.05, 3.63) is 0 Å². The molecule has 0 amide bonds. The number of piperidine rings is 1. The number of aliphatic imine (C=N–C) groups is 1. The van der Waals surface area contributed by atoms with Crippen molar-refractivity contribution in [1.82, 2.24) is 14.9 Å². The molecule has 0 aromatic carbocycles. The molecule has 1 heterocycles. The van der Waals surface area contributed by atoms with Gasteiger partial charge in [-0.2, -0.15) is 29.2 Å². The van der Waals surface area contributed by atoms with Gasteiger partial charge in [-0.15, -0.1) is 24.0 Å². The number of rotatable bonds is 7. The average Bonchev–Trinajstić information content (AvgIpc) is 2.51. The van der Waals surface area contributed by atoms with E-state index in [0.717, 1.165) is 12.2 Å². The molecule has 0 bridgehead atoms. The molecule has 1 saturated heterocycles. The Labute approximate surface area is 168 Å².